The van der Waals surface area contributed by atoms with Crippen LogP contribution in [0, 0.1) is 0 Å². The third-order valence-corrected chi connectivity index (χ3v) is 3.02. The van der Waals surface area contributed by atoms with E-state index in [1.807, 2.05) is 0 Å². The molecular weight excluding hydrogens is 219 g/mol. The van der Waals surface area contributed by atoms with Crippen molar-refractivity contribution < 1.29 is 19.2 Å². The lowest BCUT2D eigenvalue weighted by Crippen LogP contribution is -2.09. The molecule has 0 saturated heterocycles. The second kappa shape index (κ2) is 3.73. The summed E-state index contributed by atoms with van der Waals surface area (Å²) in [6.07, 6.45) is 1.67. The molecule has 0 fully saturated rings. The number of hydrogen-bond donors (Lipinski definition) is 2. The van der Waals surface area contributed by atoms with Gasteiger partial charge in [0.05, 0.1) is 5.69 Å². The van der Waals surface area contributed by atoms with Gasteiger partial charge >= 0.3 is 7.60 Å². The summed E-state index contributed by atoms with van der Waals surface area (Å²) in [7, 11) is -4.24. The number of hydrogen-bond acceptors (Lipinski definition) is 4. The lowest BCUT2D eigenvalue weighted by molar-refractivity contribution is 0.117. The average Bonchev–Trinajstić information content (AvgIpc) is 2.67. The fraction of sp³-hybridized carbons (Fsp3) is 0.250. The van der Waals surface area contributed by atoms with Crippen molar-refractivity contribution in [3.8, 4) is 0 Å². The highest BCUT2D eigenvalue weighted by Gasteiger charge is 2.37. The largest absolute Gasteiger partial charge is 0.379 e. The predicted octanol–water partition coefficient (Wildman–Crippen LogP) is 0.710. The molecule has 7 heteroatoms. The summed E-state index contributed by atoms with van der Waals surface area (Å²) >= 11 is 0. The van der Waals surface area contributed by atoms with E-state index >= 15 is 0 Å². The minimum atomic E-state index is -4.24. The Bertz CT molecular complexity index is 428. The fourth-order valence-electron chi connectivity index (χ4n) is 1.23. The molecule has 15 heavy (non-hydrogen) atoms. The molecule has 0 aliphatic carbocycles. The van der Waals surface area contributed by atoms with Gasteiger partial charge in [0.1, 0.15) is 5.71 Å². The van der Waals surface area contributed by atoms with Crippen molar-refractivity contribution in [2.45, 2.75) is 12.3 Å². The zero-order valence-corrected chi connectivity index (χ0v) is 8.54. The van der Waals surface area contributed by atoms with E-state index in [2.05, 4.69) is 15.0 Å². The molecule has 2 N–H and O–H groups in total. The first-order valence-corrected chi connectivity index (χ1v) is 5.95. The normalized spacial score (nSPS) is 20.9. The van der Waals surface area contributed by atoms with Crippen LogP contribution in [-0.4, -0.2) is 26.3 Å². The average molecular weight is 228 g/mol. The number of pyridine rings is 1. The quantitative estimate of drug-likeness (QED) is 0.727. The van der Waals surface area contributed by atoms with Crippen LogP contribution in [0.1, 0.15) is 12.1 Å². The van der Waals surface area contributed by atoms with Crippen LogP contribution >= 0.6 is 7.60 Å². The molecule has 0 bridgehead atoms. The first-order valence-electron chi connectivity index (χ1n) is 4.26. The van der Waals surface area contributed by atoms with E-state index in [0.717, 1.165) is 0 Å². The molecule has 6 nitrogen and oxygen atoms in total. The van der Waals surface area contributed by atoms with Gasteiger partial charge in [-0.05, 0) is 12.1 Å². The van der Waals surface area contributed by atoms with Gasteiger partial charge < -0.3 is 14.6 Å². The van der Waals surface area contributed by atoms with Gasteiger partial charge in [0, 0.05) is 12.6 Å². The molecule has 1 atom stereocenters. The minimum absolute atomic E-state index is 0.0846. The highest BCUT2D eigenvalue weighted by molar-refractivity contribution is 7.52. The van der Waals surface area contributed by atoms with Gasteiger partial charge in [-0.1, -0.05) is 11.2 Å². The number of rotatable bonds is 2. The maximum Gasteiger partial charge on any atom is 0.368 e. The predicted molar refractivity (Wildman–Crippen MR) is 52.3 cm³/mol. The monoisotopic (exact) mass is 228 g/mol. The first-order chi connectivity index (χ1) is 7.07. The van der Waals surface area contributed by atoms with E-state index in [9.17, 15) is 4.57 Å². The van der Waals surface area contributed by atoms with E-state index in [1.165, 1.54) is 0 Å². The Morgan fingerprint density at radius 3 is 2.80 bits per heavy atom. The fourth-order valence-corrected chi connectivity index (χ4v) is 1.81. The molecule has 0 radical (unpaired) electrons. The Morgan fingerprint density at radius 2 is 2.27 bits per heavy atom. The first kappa shape index (κ1) is 10.3. The van der Waals surface area contributed by atoms with Crippen molar-refractivity contribution in [3.05, 3.63) is 30.1 Å². The second-order valence-corrected chi connectivity index (χ2v) is 4.86. The Morgan fingerprint density at radius 1 is 1.47 bits per heavy atom. The molecule has 1 aliphatic heterocycles. The van der Waals surface area contributed by atoms with Crippen molar-refractivity contribution in [1.82, 2.24) is 4.98 Å². The van der Waals surface area contributed by atoms with Crippen LogP contribution in [0.4, 0.5) is 0 Å². The Labute approximate surface area is 85.8 Å². The summed E-state index contributed by atoms with van der Waals surface area (Å²) < 4.78 is 10.9. The molecule has 1 aromatic rings. The van der Waals surface area contributed by atoms with E-state index in [-0.39, 0.29) is 6.42 Å². The van der Waals surface area contributed by atoms with Crippen molar-refractivity contribution in [1.29, 1.82) is 0 Å². The molecule has 0 aromatic carbocycles. The molecule has 0 saturated carbocycles. The third kappa shape index (κ3) is 2.23. The molecule has 1 unspecified atom stereocenters. The van der Waals surface area contributed by atoms with Crippen molar-refractivity contribution >= 4 is 13.3 Å². The summed E-state index contributed by atoms with van der Waals surface area (Å²) in [6.45, 7) is 0. The summed E-state index contributed by atoms with van der Waals surface area (Å²) in [6, 6.07) is 5.24. The Kier molecular flexibility index (Phi) is 2.56. The van der Waals surface area contributed by atoms with Crippen molar-refractivity contribution in [2.24, 2.45) is 5.16 Å². The smallest absolute Gasteiger partial charge is 0.368 e. The zero-order valence-electron chi connectivity index (χ0n) is 7.65. The maximum absolute atomic E-state index is 10.9. The Hall–Kier alpha value is -1.23. The number of nitrogens with zero attached hydrogens (tertiary/aromatic N) is 2. The Balaban J connectivity index is 2.14. The molecule has 1 aliphatic rings. The second-order valence-electron chi connectivity index (χ2n) is 3.11. The molecule has 2 heterocycles. The van der Waals surface area contributed by atoms with E-state index in [4.69, 9.17) is 9.79 Å². The van der Waals surface area contributed by atoms with Crippen LogP contribution < -0.4 is 0 Å². The minimum Gasteiger partial charge on any atom is -0.379 e. The molecule has 1 aromatic heterocycles. The molecule has 0 spiro atoms. The van der Waals surface area contributed by atoms with Gasteiger partial charge in [-0.3, -0.25) is 9.55 Å². The van der Waals surface area contributed by atoms with Gasteiger partial charge in [-0.25, -0.2) is 0 Å². The molecule has 0 amide bonds. The van der Waals surface area contributed by atoms with Gasteiger partial charge in [-0.2, -0.15) is 0 Å². The van der Waals surface area contributed by atoms with Crippen molar-refractivity contribution in [2.75, 3.05) is 0 Å². The van der Waals surface area contributed by atoms with Crippen LogP contribution in [0.3, 0.4) is 0 Å². The van der Waals surface area contributed by atoms with Crippen LogP contribution in [0.25, 0.3) is 0 Å². The van der Waals surface area contributed by atoms with Gasteiger partial charge in [0.15, 0.2) is 0 Å². The summed E-state index contributed by atoms with van der Waals surface area (Å²) in [5.41, 5.74) is 1.04. The highest BCUT2D eigenvalue weighted by atomic mass is 31.2. The molecular formula is C8H9N2O4P. The van der Waals surface area contributed by atoms with Crippen LogP contribution in [0.2, 0.25) is 0 Å². The van der Waals surface area contributed by atoms with Crippen LogP contribution in [-0.2, 0) is 9.40 Å². The molecule has 2 rings (SSSR count). The SMILES string of the molecule is O=P(O)(O)C1CC(c2ccccn2)=NO1. The molecule has 80 valence electrons. The van der Waals surface area contributed by atoms with Gasteiger partial charge in [-0.15, -0.1) is 0 Å². The van der Waals surface area contributed by atoms with Gasteiger partial charge in [0.25, 0.3) is 0 Å². The van der Waals surface area contributed by atoms with Gasteiger partial charge in [0.2, 0.25) is 5.85 Å². The van der Waals surface area contributed by atoms with Crippen LogP contribution in [0.5, 0.6) is 0 Å². The van der Waals surface area contributed by atoms with Crippen LogP contribution in [0.15, 0.2) is 29.6 Å². The van der Waals surface area contributed by atoms with E-state index in [1.54, 1.807) is 24.4 Å². The van der Waals surface area contributed by atoms with Crippen molar-refractivity contribution in [3.63, 3.8) is 0 Å². The highest BCUT2D eigenvalue weighted by Crippen LogP contribution is 2.46. The summed E-state index contributed by atoms with van der Waals surface area (Å²) in [5.74, 6) is -1.17. The third-order valence-electron chi connectivity index (χ3n) is 1.99. The zero-order chi connectivity index (χ0) is 10.9. The number of aromatic nitrogens is 1. The maximum atomic E-state index is 10.9. The topological polar surface area (TPSA) is 92.0 Å². The lowest BCUT2D eigenvalue weighted by atomic mass is 10.2. The summed E-state index contributed by atoms with van der Waals surface area (Å²) in [4.78, 5) is 26.4. The standard InChI is InChI=1S/C8H9N2O4P/c11-15(12,13)8-5-7(10-14-8)6-3-1-2-4-9-6/h1-4,8H,5H2,(H2,11,12,13). The number of oxime groups is 1. The summed E-state index contributed by atoms with van der Waals surface area (Å²) in [5, 5.41) is 3.62. The van der Waals surface area contributed by atoms with E-state index < -0.39 is 13.4 Å². The van der Waals surface area contributed by atoms with E-state index in [0.29, 0.717) is 11.4 Å². The lowest BCUT2D eigenvalue weighted by Gasteiger charge is -2.08.